The van der Waals surface area contributed by atoms with Gasteiger partial charge >= 0.3 is 0 Å². The van der Waals surface area contributed by atoms with Gasteiger partial charge in [-0.15, -0.1) is 0 Å². The predicted molar refractivity (Wildman–Crippen MR) is 174 cm³/mol. The summed E-state index contributed by atoms with van der Waals surface area (Å²) in [5, 5.41) is 12.5. The van der Waals surface area contributed by atoms with Crippen LogP contribution in [0.15, 0.2) is 60.8 Å². The van der Waals surface area contributed by atoms with Crippen LogP contribution in [-0.2, 0) is 27.3 Å². The van der Waals surface area contributed by atoms with Gasteiger partial charge in [0.05, 0.1) is 5.69 Å². The highest BCUT2D eigenvalue weighted by atomic mass is 19.1. The van der Waals surface area contributed by atoms with Crippen LogP contribution in [-0.4, -0.2) is 88.5 Å². The number of amides is 4. The van der Waals surface area contributed by atoms with Crippen LogP contribution < -0.4 is 16.0 Å². The van der Waals surface area contributed by atoms with E-state index in [9.17, 15) is 19.2 Å². The van der Waals surface area contributed by atoms with Crippen molar-refractivity contribution in [1.29, 1.82) is 0 Å². The zero-order chi connectivity index (χ0) is 33.2. The lowest BCUT2D eigenvalue weighted by molar-refractivity contribution is -0.137. The predicted octanol–water partition coefficient (Wildman–Crippen LogP) is 3.18. The molecule has 1 aromatic heterocycles. The molecule has 246 valence electrons. The number of likely N-dealkylation sites (N-methyl/N-ethyl adjacent to an activating group) is 1. The Morgan fingerprint density at radius 3 is 2.28 bits per heavy atom. The van der Waals surface area contributed by atoms with Crippen LogP contribution in [0.4, 0.5) is 10.1 Å². The minimum absolute atomic E-state index is 0.0611. The lowest BCUT2D eigenvalue weighted by Crippen LogP contribution is -2.54. The fourth-order valence-electron chi connectivity index (χ4n) is 5.68. The number of halogens is 1. The van der Waals surface area contributed by atoms with Gasteiger partial charge < -0.3 is 25.8 Å². The van der Waals surface area contributed by atoms with Crippen LogP contribution in [0, 0.1) is 5.82 Å². The van der Waals surface area contributed by atoms with E-state index in [0.717, 1.165) is 18.7 Å². The van der Waals surface area contributed by atoms with Crippen LogP contribution in [0.3, 0.4) is 0 Å². The second-order valence-electron chi connectivity index (χ2n) is 11.5. The van der Waals surface area contributed by atoms with E-state index in [2.05, 4.69) is 25.9 Å². The van der Waals surface area contributed by atoms with Gasteiger partial charge in [-0.05, 0) is 49.7 Å². The molecule has 0 radical (unpaired) electrons. The molecule has 1 unspecified atom stereocenters. The largest absolute Gasteiger partial charge is 0.344 e. The first-order chi connectivity index (χ1) is 22.1. The summed E-state index contributed by atoms with van der Waals surface area (Å²) in [6.45, 7) is 8.53. The molecular weight excluding hydrogens is 589 g/mol. The van der Waals surface area contributed by atoms with Crippen molar-refractivity contribution >= 4 is 29.3 Å². The summed E-state index contributed by atoms with van der Waals surface area (Å²) in [5.41, 5.74) is 1.60. The third-order valence-electron chi connectivity index (χ3n) is 8.39. The summed E-state index contributed by atoms with van der Waals surface area (Å²) >= 11 is 0. The number of anilines is 1. The second kappa shape index (κ2) is 16.1. The zero-order valence-corrected chi connectivity index (χ0v) is 27.0. The molecule has 1 aliphatic heterocycles. The first-order valence-corrected chi connectivity index (χ1v) is 15.9. The average molecular weight is 634 g/mol. The number of rotatable bonds is 13. The van der Waals surface area contributed by atoms with Crippen molar-refractivity contribution in [2.45, 2.75) is 64.6 Å². The van der Waals surface area contributed by atoms with E-state index < -0.39 is 35.6 Å². The monoisotopic (exact) mass is 633 g/mol. The number of piperazine rings is 1. The molecule has 4 rings (SSSR count). The first-order valence-electron chi connectivity index (χ1n) is 15.9. The Morgan fingerprint density at radius 1 is 0.935 bits per heavy atom. The molecule has 3 N–H and O–H groups in total. The van der Waals surface area contributed by atoms with Gasteiger partial charge in [0.25, 0.3) is 5.91 Å². The number of aromatic nitrogens is 2. The lowest BCUT2D eigenvalue weighted by atomic mass is 9.88. The van der Waals surface area contributed by atoms with Crippen molar-refractivity contribution in [2.75, 3.05) is 38.5 Å². The molecule has 4 amide bonds. The fraction of sp³-hybridized carbons (Fsp3) is 0.441. The van der Waals surface area contributed by atoms with Crippen LogP contribution >= 0.6 is 0 Å². The molecule has 0 saturated carbocycles. The summed E-state index contributed by atoms with van der Waals surface area (Å²) in [5.74, 6) is -2.60. The number of aryl methyl sites for hydroxylation is 1. The Morgan fingerprint density at radius 2 is 1.65 bits per heavy atom. The molecule has 1 aliphatic rings. The summed E-state index contributed by atoms with van der Waals surface area (Å²) in [6, 6.07) is 13.4. The van der Waals surface area contributed by atoms with Gasteiger partial charge in [-0.1, -0.05) is 50.2 Å². The topological polar surface area (TPSA) is 129 Å². The molecule has 3 atom stereocenters. The standard InChI is InChI=1S/C34H44FN7O4/c1-5-25(24-11-9-8-10-12-24)31(39-32(44)29-15-16-36-42(29)7-3)33(45)38-27-14-13-23(21-26(27)35)22-28(37-30(43)6-2)34(46)41-19-17-40(4)18-20-41/h8-16,21,25,28,31H,5-7,17-20,22H2,1-4H3,(H,37,43)(H,38,45)(H,39,44)/t25-,28+,31?/m0/s1. The van der Waals surface area contributed by atoms with Gasteiger partial charge in [0.1, 0.15) is 23.6 Å². The number of carbonyl (C=O) groups is 4. The Kier molecular flexibility index (Phi) is 12.0. The van der Waals surface area contributed by atoms with E-state index in [-0.39, 0.29) is 30.3 Å². The average Bonchev–Trinajstić information content (AvgIpc) is 3.55. The van der Waals surface area contributed by atoms with Crippen LogP contribution in [0.5, 0.6) is 0 Å². The highest BCUT2D eigenvalue weighted by Crippen LogP contribution is 2.26. The van der Waals surface area contributed by atoms with Gasteiger partial charge in [-0.25, -0.2) is 4.39 Å². The van der Waals surface area contributed by atoms with E-state index in [0.29, 0.717) is 37.3 Å². The van der Waals surface area contributed by atoms with Gasteiger partial charge in [0, 0.05) is 57.7 Å². The molecule has 0 aliphatic carbocycles. The Labute approximate surface area is 269 Å². The minimum Gasteiger partial charge on any atom is -0.344 e. The third-order valence-corrected chi connectivity index (χ3v) is 8.39. The number of hydrogen-bond donors (Lipinski definition) is 3. The maximum Gasteiger partial charge on any atom is 0.270 e. The highest BCUT2D eigenvalue weighted by Gasteiger charge is 2.32. The van der Waals surface area contributed by atoms with Crippen LogP contribution in [0.1, 0.15) is 61.1 Å². The van der Waals surface area contributed by atoms with Gasteiger partial charge in [0.15, 0.2) is 0 Å². The molecule has 3 aromatic rings. The Balaban J connectivity index is 1.54. The van der Waals surface area contributed by atoms with Crippen molar-refractivity contribution < 1.29 is 23.6 Å². The molecule has 2 heterocycles. The smallest absolute Gasteiger partial charge is 0.270 e. The summed E-state index contributed by atoms with van der Waals surface area (Å²) in [4.78, 5) is 56.6. The second-order valence-corrected chi connectivity index (χ2v) is 11.5. The van der Waals surface area contributed by atoms with Crippen LogP contribution in [0.25, 0.3) is 0 Å². The minimum atomic E-state index is -1.02. The normalized spacial score (nSPS) is 15.5. The van der Waals surface area contributed by atoms with Crippen molar-refractivity contribution in [3.05, 3.63) is 83.4 Å². The van der Waals surface area contributed by atoms with E-state index >= 15 is 4.39 Å². The number of nitrogens with zero attached hydrogens (tertiary/aromatic N) is 4. The molecule has 0 spiro atoms. The van der Waals surface area contributed by atoms with Crippen molar-refractivity contribution in [3.8, 4) is 0 Å². The molecule has 1 saturated heterocycles. The number of benzene rings is 2. The van der Waals surface area contributed by atoms with Crippen molar-refractivity contribution in [2.24, 2.45) is 0 Å². The summed E-state index contributed by atoms with van der Waals surface area (Å²) in [7, 11) is 1.99. The van der Waals surface area contributed by atoms with E-state index in [1.165, 1.54) is 23.0 Å². The molecule has 1 fully saturated rings. The molecular formula is C34H44FN7O4. The maximum atomic E-state index is 15.5. The lowest BCUT2D eigenvalue weighted by Gasteiger charge is -2.34. The number of hydrogen-bond acceptors (Lipinski definition) is 6. The van der Waals surface area contributed by atoms with E-state index in [1.54, 1.807) is 24.0 Å². The molecule has 2 aromatic carbocycles. The van der Waals surface area contributed by atoms with Crippen molar-refractivity contribution in [1.82, 2.24) is 30.2 Å². The Bertz CT molecular complexity index is 1500. The molecule has 12 heteroatoms. The maximum absolute atomic E-state index is 15.5. The summed E-state index contributed by atoms with van der Waals surface area (Å²) in [6.07, 6.45) is 2.36. The zero-order valence-electron chi connectivity index (χ0n) is 27.0. The van der Waals surface area contributed by atoms with Gasteiger partial charge in [-0.2, -0.15) is 5.10 Å². The molecule has 0 bridgehead atoms. The first kappa shape index (κ1) is 34.3. The fourth-order valence-corrected chi connectivity index (χ4v) is 5.68. The van der Waals surface area contributed by atoms with Gasteiger partial charge in [0.2, 0.25) is 17.7 Å². The molecule has 46 heavy (non-hydrogen) atoms. The Hall–Kier alpha value is -4.58. The van der Waals surface area contributed by atoms with E-state index in [1.807, 2.05) is 51.2 Å². The summed E-state index contributed by atoms with van der Waals surface area (Å²) < 4.78 is 17.1. The highest BCUT2D eigenvalue weighted by molar-refractivity contribution is 6.01. The van der Waals surface area contributed by atoms with Crippen LogP contribution in [0.2, 0.25) is 0 Å². The third kappa shape index (κ3) is 8.57. The van der Waals surface area contributed by atoms with Gasteiger partial charge in [-0.3, -0.25) is 23.9 Å². The molecule has 11 nitrogen and oxygen atoms in total. The van der Waals surface area contributed by atoms with E-state index in [4.69, 9.17) is 0 Å². The van der Waals surface area contributed by atoms with Crippen molar-refractivity contribution in [3.63, 3.8) is 0 Å². The number of carbonyl (C=O) groups excluding carboxylic acids is 4. The number of nitrogens with one attached hydrogen (secondary N) is 3. The quantitative estimate of drug-likeness (QED) is 0.265. The SMILES string of the molecule is CCC(=O)N[C@H](Cc1ccc(NC(=O)C(NC(=O)c2ccnn2CC)[C@@H](CC)c2ccccc2)c(F)c1)C(=O)N1CCN(C)CC1.